The summed E-state index contributed by atoms with van der Waals surface area (Å²) in [5, 5.41) is 19.4. The van der Waals surface area contributed by atoms with Crippen LogP contribution in [0.15, 0.2) is 0 Å². The summed E-state index contributed by atoms with van der Waals surface area (Å²) in [5.41, 5.74) is 0.348. The molecule has 3 rings (SSSR count). The molecular weight excluding hydrogens is 164 g/mol. The Morgan fingerprint density at radius 3 is 2.31 bits per heavy atom. The molecule has 2 N–H and O–H groups in total. The van der Waals surface area contributed by atoms with Crippen LogP contribution in [0.2, 0.25) is 0 Å². The fourth-order valence-electron chi connectivity index (χ4n) is 3.48. The fraction of sp³-hybridized carbons (Fsp3) is 1.00. The van der Waals surface area contributed by atoms with E-state index in [1.165, 1.54) is 6.42 Å². The normalized spacial score (nSPS) is 49.6. The summed E-state index contributed by atoms with van der Waals surface area (Å²) in [7, 11) is 0. The number of aliphatic hydroxyl groups is 2. The Morgan fingerprint density at radius 2 is 1.92 bits per heavy atom. The monoisotopic (exact) mass is 184 g/mol. The first-order valence-corrected chi connectivity index (χ1v) is 5.30. The summed E-state index contributed by atoms with van der Waals surface area (Å²) in [6, 6.07) is 0. The van der Waals surface area contributed by atoms with Crippen LogP contribution in [0.25, 0.3) is 0 Å². The van der Waals surface area contributed by atoms with Gasteiger partial charge in [-0.3, -0.25) is 0 Å². The van der Waals surface area contributed by atoms with E-state index >= 15 is 0 Å². The van der Waals surface area contributed by atoms with Crippen LogP contribution in [-0.2, 0) is 0 Å². The molecule has 0 aromatic carbocycles. The molecule has 0 aromatic heterocycles. The van der Waals surface area contributed by atoms with Gasteiger partial charge in [0.15, 0.2) is 0 Å². The molecule has 3 aliphatic rings. The molecule has 3 aliphatic carbocycles. The lowest BCUT2D eigenvalue weighted by Gasteiger charge is -2.62. The Hall–Kier alpha value is -0.0800. The molecule has 76 valence electrons. The molecule has 0 heterocycles. The SMILES string of the molecule is C[C@@H](O)[C@@H]1[C@@H](O)C[C@H]2C[C@@H]1C2(C)C. The first-order chi connectivity index (χ1) is 5.94. The Bertz CT molecular complexity index is 210. The molecular formula is C11H20O2. The first-order valence-electron chi connectivity index (χ1n) is 5.30. The Kier molecular flexibility index (Phi) is 1.97. The zero-order valence-electron chi connectivity index (χ0n) is 8.70. The van der Waals surface area contributed by atoms with Crippen molar-refractivity contribution < 1.29 is 10.2 Å². The van der Waals surface area contributed by atoms with E-state index in [0.29, 0.717) is 17.3 Å². The van der Waals surface area contributed by atoms with E-state index in [1.54, 1.807) is 0 Å². The molecule has 0 radical (unpaired) electrons. The average molecular weight is 184 g/mol. The lowest BCUT2D eigenvalue weighted by Crippen LogP contribution is -2.59. The summed E-state index contributed by atoms with van der Waals surface area (Å²) in [4.78, 5) is 0. The van der Waals surface area contributed by atoms with Gasteiger partial charge in [0.05, 0.1) is 12.2 Å². The molecule has 0 spiro atoms. The van der Waals surface area contributed by atoms with Gasteiger partial charge >= 0.3 is 0 Å². The van der Waals surface area contributed by atoms with E-state index < -0.39 is 0 Å². The van der Waals surface area contributed by atoms with Crippen LogP contribution in [0.5, 0.6) is 0 Å². The summed E-state index contributed by atoms with van der Waals surface area (Å²) in [5.74, 6) is 1.32. The number of hydrogen-bond donors (Lipinski definition) is 2. The third-order valence-electron chi connectivity index (χ3n) is 4.54. The molecule has 2 nitrogen and oxygen atoms in total. The van der Waals surface area contributed by atoms with Gasteiger partial charge in [-0.25, -0.2) is 0 Å². The Balaban J connectivity index is 2.18. The minimum Gasteiger partial charge on any atom is -0.393 e. The lowest BCUT2D eigenvalue weighted by molar-refractivity contribution is -0.186. The topological polar surface area (TPSA) is 40.5 Å². The quantitative estimate of drug-likeness (QED) is 0.647. The van der Waals surface area contributed by atoms with Crippen molar-refractivity contribution in [3.8, 4) is 0 Å². The minimum absolute atomic E-state index is 0.111. The van der Waals surface area contributed by atoms with Crippen molar-refractivity contribution in [3.63, 3.8) is 0 Å². The van der Waals surface area contributed by atoms with Gasteiger partial charge in [0, 0.05) is 5.92 Å². The zero-order chi connectivity index (χ0) is 9.80. The maximum absolute atomic E-state index is 9.81. The molecule has 2 heteroatoms. The molecule has 0 unspecified atom stereocenters. The first kappa shape index (κ1) is 9.47. The van der Waals surface area contributed by atoms with E-state index in [4.69, 9.17) is 0 Å². The number of aliphatic hydroxyl groups excluding tert-OH is 2. The van der Waals surface area contributed by atoms with Crippen LogP contribution >= 0.6 is 0 Å². The van der Waals surface area contributed by atoms with E-state index in [-0.39, 0.29) is 18.1 Å². The van der Waals surface area contributed by atoms with Gasteiger partial charge in [0.1, 0.15) is 0 Å². The van der Waals surface area contributed by atoms with Crippen molar-refractivity contribution in [2.45, 2.75) is 45.8 Å². The molecule has 3 saturated carbocycles. The summed E-state index contributed by atoms with van der Waals surface area (Å²) in [6.45, 7) is 6.35. The largest absolute Gasteiger partial charge is 0.393 e. The second-order valence-electron chi connectivity index (χ2n) is 5.48. The second-order valence-corrected chi connectivity index (χ2v) is 5.48. The summed E-state index contributed by atoms with van der Waals surface area (Å²) in [6.07, 6.45) is 1.47. The third-order valence-corrected chi connectivity index (χ3v) is 4.54. The minimum atomic E-state index is -0.361. The average Bonchev–Trinajstić information content (AvgIpc) is 2.03. The highest BCUT2D eigenvalue weighted by Crippen LogP contribution is 2.61. The molecule has 3 fully saturated rings. The number of rotatable bonds is 1. The van der Waals surface area contributed by atoms with Gasteiger partial charge in [-0.15, -0.1) is 0 Å². The molecule has 2 bridgehead atoms. The van der Waals surface area contributed by atoms with Crippen LogP contribution in [0.4, 0.5) is 0 Å². The number of fused-ring (bicyclic) bond motifs is 2. The molecule has 13 heavy (non-hydrogen) atoms. The molecule has 5 atom stereocenters. The van der Waals surface area contributed by atoms with Crippen molar-refractivity contribution in [2.24, 2.45) is 23.2 Å². The summed E-state index contributed by atoms with van der Waals surface area (Å²) < 4.78 is 0. The highest BCUT2D eigenvalue weighted by atomic mass is 16.3. The van der Waals surface area contributed by atoms with Crippen molar-refractivity contribution >= 4 is 0 Å². The maximum atomic E-state index is 9.81. The van der Waals surface area contributed by atoms with Crippen LogP contribution in [-0.4, -0.2) is 22.4 Å². The van der Waals surface area contributed by atoms with Gasteiger partial charge in [-0.1, -0.05) is 13.8 Å². The van der Waals surface area contributed by atoms with Gasteiger partial charge in [-0.2, -0.15) is 0 Å². The number of hydrogen-bond acceptors (Lipinski definition) is 2. The van der Waals surface area contributed by atoms with Crippen molar-refractivity contribution in [1.82, 2.24) is 0 Å². The summed E-state index contributed by atoms with van der Waals surface area (Å²) >= 11 is 0. The lowest BCUT2D eigenvalue weighted by atomic mass is 9.44. The van der Waals surface area contributed by atoms with Crippen LogP contribution in [0.3, 0.4) is 0 Å². The predicted octanol–water partition coefficient (Wildman–Crippen LogP) is 1.41. The molecule has 0 aromatic rings. The van der Waals surface area contributed by atoms with E-state index in [9.17, 15) is 10.2 Å². The second kappa shape index (κ2) is 2.71. The molecule has 0 saturated heterocycles. The van der Waals surface area contributed by atoms with E-state index in [0.717, 1.165) is 6.42 Å². The predicted molar refractivity (Wildman–Crippen MR) is 51.2 cm³/mol. The van der Waals surface area contributed by atoms with E-state index in [2.05, 4.69) is 13.8 Å². The zero-order valence-corrected chi connectivity index (χ0v) is 8.70. The van der Waals surface area contributed by atoms with Crippen molar-refractivity contribution in [2.75, 3.05) is 0 Å². The molecule has 0 amide bonds. The Morgan fingerprint density at radius 1 is 1.31 bits per heavy atom. The third kappa shape index (κ3) is 1.15. The van der Waals surface area contributed by atoms with Crippen LogP contribution in [0.1, 0.15) is 33.6 Å². The maximum Gasteiger partial charge on any atom is 0.0598 e. The standard InChI is InChI=1S/C11H20O2/c1-6(12)10-8-4-7(5-9(10)13)11(8,2)3/h6-10,12-13H,4-5H2,1-3H3/t6-,7-,8+,9+,10+/m1/s1. The van der Waals surface area contributed by atoms with Crippen molar-refractivity contribution in [1.29, 1.82) is 0 Å². The van der Waals surface area contributed by atoms with E-state index in [1.807, 2.05) is 6.92 Å². The van der Waals surface area contributed by atoms with Gasteiger partial charge in [-0.05, 0) is 37.0 Å². The van der Waals surface area contributed by atoms with Gasteiger partial charge in [0.25, 0.3) is 0 Å². The van der Waals surface area contributed by atoms with Gasteiger partial charge < -0.3 is 10.2 Å². The highest BCUT2D eigenvalue weighted by Gasteiger charge is 2.58. The highest BCUT2D eigenvalue weighted by molar-refractivity contribution is 5.07. The van der Waals surface area contributed by atoms with Crippen LogP contribution < -0.4 is 0 Å². The van der Waals surface area contributed by atoms with Crippen LogP contribution in [0, 0.1) is 23.2 Å². The fourth-order valence-corrected chi connectivity index (χ4v) is 3.48. The smallest absolute Gasteiger partial charge is 0.0598 e. The molecule has 0 aliphatic heterocycles. The Labute approximate surface area is 80.0 Å². The van der Waals surface area contributed by atoms with Crippen molar-refractivity contribution in [3.05, 3.63) is 0 Å². The van der Waals surface area contributed by atoms with Gasteiger partial charge in [0.2, 0.25) is 0 Å².